The van der Waals surface area contributed by atoms with Gasteiger partial charge in [0.05, 0.1) is 18.8 Å². The van der Waals surface area contributed by atoms with Crippen molar-refractivity contribution in [2.24, 2.45) is 5.92 Å². The van der Waals surface area contributed by atoms with Crippen LogP contribution in [0, 0.1) is 5.92 Å². The first-order valence-corrected chi connectivity index (χ1v) is 15.3. The van der Waals surface area contributed by atoms with Crippen molar-refractivity contribution in [3.05, 3.63) is 65.4 Å². The minimum atomic E-state index is -0.0438. The lowest BCUT2D eigenvalue weighted by Crippen LogP contribution is -2.49. The van der Waals surface area contributed by atoms with Crippen LogP contribution in [0.1, 0.15) is 35.2 Å². The van der Waals surface area contributed by atoms with Crippen LogP contribution in [0.25, 0.3) is 6.08 Å². The van der Waals surface area contributed by atoms with Crippen LogP contribution in [-0.2, 0) is 29.0 Å². The highest BCUT2D eigenvalue weighted by molar-refractivity contribution is 5.87. The molecule has 6 rings (SSSR count). The molecule has 1 atom stereocenters. The number of allylic oxidation sites excluding steroid dienone is 3. The zero-order valence-corrected chi connectivity index (χ0v) is 24.7. The molecule has 0 bridgehead atoms. The lowest BCUT2D eigenvalue weighted by atomic mass is 9.98. The largest absolute Gasteiger partial charge is 0.508 e. The summed E-state index contributed by atoms with van der Waals surface area (Å²) in [6.07, 6.45) is 13.7. The first kappa shape index (κ1) is 28.9. The van der Waals surface area contributed by atoms with Crippen LogP contribution in [0.5, 0.6) is 11.8 Å². The number of aldehydes is 1. The quantitative estimate of drug-likeness (QED) is 0.352. The van der Waals surface area contributed by atoms with Gasteiger partial charge >= 0.3 is 6.01 Å². The third-order valence-corrected chi connectivity index (χ3v) is 8.90. The molecule has 1 aromatic heterocycles. The van der Waals surface area contributed by atoms with Crippen LogP contribution in [0.4, 0.5) is 11.5 Å². The molecule has 4 heterocycles. The van der Waals surface area contributed by atoms with E-state index in [4.69, 9.17) is 14.7 Å². The summed E-state index contributed by atoms with van der Waals surface area (Å²) in [7, 11) is 0. The van der Waals surface area contributed by atoms with Crippen molar-refractivity contribution in [3.63, 3.8) is 0 Å². The van der Waals surface area contributed by atoms with Gasteiger partial charge in [0.2, 0.25) is 5.91 Å². The van der Waals surface area contributed by atoms with Gasteiger partial charge in [-0.05, 0) is 49.1 Å². The smallest absolute Gasteiger partial charge is 0.318 e. The molecule has 0 spiro atoms. The summed E-state index contributed by atoms with van der Waals surface area (Å²) in [5.41, 5.74) is 5.31. The maximum absolute atomic E-state index is 12.2. The van der Waals surface area contributed by atoms with E-state index >= 15 is 0 Å². The Morgan fingerprint density at radius 3 is 2.74 bits per heavy atom. The van der Waals surface area contributed by atoms with Gasteiger partial charge in [-0.2, -0.15) is 9.97 Å². The Balaban J connectivity index is 1.26. The highest BCUT2D eigenvalue weighted by atomic mass is 16.5. The molecule has 0 radical (unpaired) electrons. The van der Waals surface area contributed by atoms with E-state index in [-0.39, 0.29) is 11.7 Å². The van der Waals surface area contributed by atoms with Crippen molar-refractivity contribution in [2.45, 2.75) is 32.2 Å². The molecule has 226 valence electrons. The maximum atomic E-state index is 12.2. The van der Waals surface area contributed by atoms with E-state index in [0.717, 1.165) is 80.1 Å². The number of carbonyl (C=O) groups is 2. The molecule has 3 aliphatic heterocycles. The van der Waals surface area contributed by atoms with E-state index in [1.165, 1.54) is 11.6 Å². The lowest BCUT2D eigenvalue weighted by molar-refractivity contribution is -0.126. The van der Waals surface area contributed by atoms with E-state index < -0.39 is 0 Å². The fourth-order valence-corrected chi connectivity index (χ4v) is 6.61. The van der Waals surface area contributed by atoms with Gasteiger partial charge < -0.3 is 34.2 Å². The fraction of sp³-hybridized carbons (Fsp3) is 0.455. The Hall–Kier alpha value is -4.18. The van der Waals surface area contributed by atoms with Crippen LogP contribution < -0.4 is 14.5 Å². The number of aromatic nitrogens is 2. The Morgan fingerprint density at radius 1 is 1.07 bits per heavy atom. The number of carbonyl (C=O) groups excluding carboxylic acids is 2. The summed E-state index contributed by atoms with van der Waals surface area (Å²) in [6.45, 7) is 10.8. The third kappa shape index (κ3) is 6.44. The molecule has 1 aliphatic carbocycles. The average Bonchev–Trinajstić information content (AvgIpc) is 3.36. The molecule has 43 heavy (non-hydrogen) atoms. The van der Waals surface area contributed by atoms with Crippen molar-refractivity contribution in [2.75, 3.05) is 68.8 Å². The van der Waals surface area contributed by atoms with E-state index in [0.29, 0.717) is 57.7 Å². The molecule has 2 aromatic rings. The van der Waals surface area contributed by atoms with Crippen LogP contribution in [-0.4, -0.2) is 96.0 Å². The van der Waals surface area contributed by atoms with E-state index in [1.54, 1.807) is 0 Å². The molecule has 10 heteroatoms. The molecule has 4 aliphatic rings. The second-order valence-electron chi connectivity index (χ2n) is 11.7. The normalized spacial score (nSPS) is 20.0. The lowest BCUT2D eigenvalue weighted by Gasteiger charge is -2.38. The van der Waals surface area contributed by atoms with Gasteiger partial charge in [0.15, 0.2) is 0 Å². The summed E-state index contributed by atoms with van der Waals surface area (Å²) in [5, 5.41) is 10.6. The number of rotatable bonds is 9. The zero-order chi connectivity index (χ0) is 29.8. The van der Waals surface area contributed by atoms with Crippen molar-refractivity contribution in [1.29, 1.82) is 0 Å². The molecule has 0 saturated carbocycles. The number of benzene rings is 1. The van der Waals surface area contributed by atoms with Crippen molar-refractivity contribution in [3.8, 4) is 11.8 Å². The molecule has 1 N–H and O–H groups in total. The Bertz CT molecular complexity index is 1430. The Kier molecular flexibility index (Phi) is 8.74. The third-order valence-electron chi connectivity index (χ3n) is 8.90. The number of ether oxygens (including phenoxy) is 1. The topological polar surface area (TPSA) is 102 Å². The van der Waals surface area contributed by atoms with Crippen LogP contribution in [0.3, 0.4) is 0 Å². The molecule has 10 nitrogen and oxygen atoms in total. The number of likely N-dealkylation sites (tertiary alicyclic amines) is 1. The van der Waals surface area contributed by atoms with Gasteiger partial charge in [-0.1, -0.05) is 30.9 Å². The van der Waals surface area contributed by atoms with Crippen LogP contribution in [0.15, 0.2) is 43.0 Å². The van der Waals surface area contributed by atoms with Gasteiger partial charge in [0, 0.05) is 75.5 Å². The number of phenolic OH excluding ortho intramolecular Hbond substituents is 1. The molecule has 2 fully saturated rings. The number of fused-ring (bicyclic) bond motifs is 2. The first-order chi connectivity index (χ1) is 21.0. The molecular formula is C33H40N6O4. The van der Waals surface area contributed by atoms with E-state index in [2.05, 4.69) is 27.4 Å². The average molecular weight is 585 g/mol. The van der Waals surface area contributed by atoms with Gasteiger partial charge in [-0.3, -0.25) is 4.79 Å². The predicted octanol–water partition coefficient (Wildman–Crippen LogP) is 2.99. The molecule has 1 unspecified atom stereocenters. The van der Waals surface area contributed by atoms with Crippen molar-refractivity contribution >= 4 is 29.8 Å². The predicted molar refractivity (Wildman–Crippen MR) is 166 cm³/mol. The Morgan fingerprint density at radius 2 is 1.93 bits per heavy atom. The number of anilines is 2. The number of phenols is 1. The first-order valence-electron chi connectivity index (χ1n) is 15.3. The van der Waals surface area contributed by atoms with Gasteiger partial charge in [-0.15, -0.1) is 0 Å². The van der Waals surface area contributed by atoms with Crippen LogP contribution in [0.2, 0.25) is 0 Å². The summed E-state index contributed by atoms with van der Waals surface area (Å²) < 4.78 is 6.28. The van der Waals surface area contributed by atoms with Crippen molar-refractivity contribution < 1.29 is 19.4 Å². The van der Waals surface area contributed by atoms with E-state index in [9.17, 15) is 14.7 Å². The summed E-state index contributed by atoms with van der Waals surface area (Å²) in [6, 6.07) is 4.07. The summed E-state index contributed by atoms with van der Waals surface area (Å²) in [4.78, 5) is 41.6. The summed E-state index contributed by atoms with van der Waals surface area (Å²) in [5.74, 6) is 1.47. The second kappa shape index (κ2) is 13.0. The van der Waals surface area contributed by atoms with Gasteiger partial charge in [0.25, 0.3) is 0 Å². The SMILES string of the molecule is C=CC(=O)N1CCN(c2nc(OCC3CCN(CCC=O)C3)nc3c2CCN(c2cc(O)cc4c2CC=CC=C4)C3)CC1. The standard InChI is InChI=1S/C33H40N6O4/c1-2-31(42)37-14-16-38(17-15-37)32-28-10-13-39(30-20-26(41)19-25-7-4-3-5-8-27(25)30)22-29(28)34-33(35-32)43-23-24-9-12-36(21-24)11-6-18-40/h2-5,7,18-20,24,41H,1,6,8-17,21-23H2. The summed E-state index contributed by atoms with van der Waals surface area (Å²) >= 11 is 0. The van der Waals surface area contributed by atoms with E-state index in [1.807, 2.05) is 35.3 Å². The maximum Gasteiger partial charge on any atom is 0.318 e. The Labute approximate surface area is 252 Å². The zero-order valence-electron chi connectivity index (χ0n) is 24.7. The molecule has 1 aromatic carbocycles. The number of nitrogens with zero attached hydrogens (tertiary/aromatic N) is 6. The highest BCUT2D eigenvalue weighted by Gasteiger charge is 2.30. The number of hydrogen-bond donors (Lipinski definition) is 1. The fourth-order valence-electron chi connectivity index (χ4n) is 6.61. The van der Waals surface area contributed by atoms with Crippen molar-refractivity contribution in [1.82, 2.24) is 19.8 Å². The number of aromatic hydroxyl groups is 1. The number of amides is 1. The van der Waals surface area contributed by atoms with Crippen LogP contribution >= 0.6 is 0 Å². The second-order valence-corrected chi connectivity index (χ2v) is 11.7. The van der Waals surface area contributed by atoms with Gasteiger partial charge in [-0.25, -0.2) is 0 Å². The molecular weight excluding hydrogens is 544 g/mol. The minimum Gasteiger partial charge on any atom is -0.508 e. The monoisotopic (exact) mass is 584 g/mol. The number of piperazine rings is 1. The van der Waals surface area contributed by atoms with Gasteiger partial charge in [0.1, 0.15) is 17.9 Å². The highest BCUT2D eigenvalue weighted by Crippen LogP contribution is 2.37. The molecule has 1 amide bonds. The molecule has 2 saturated heterocycles. The number of hydrogen-bond acceptors (Lipinski definition) is 9. The minimum absolute atomic E-state index is 0.0438.